The molecule has 1 aliphatic heterocycles. The van der Waals surface area contributed by atoms with Crippen LogP contribution in [0.15, 0.2) is 29.2 Å². The van der Waals surface area contributed by atoms with Gasteiger partial charge in [-0.3, -0.25) is 14.2 Å². The maximum absolute atomic E-state index is 13.9. The van der Waals surface area contributed by atoms with Crippen molar-refractivity contribution in [2.24, 2.45) is 0 Å². The first-order chi connectivity index (χ1) is 16.2. The molecular weight excluding hydrogens is 416 g/mol. The highest BCUT2D eigenvalue weighted by Crippen LogP contribution is 2.32. The van der Waals surface area contributed by atoms with Crippen LogP contribution in [0.25, 0.3) is 21.8 Å². The number of fused-ring (bicyclic) bond motifs is 3. The molecule has 0 spiro atoms. The van der Waals surface area contributed by atoms with E-state index in [0.29, 0.717) is 42.7 Å². The highest BCUT2D eigenvalue weighted by molar-refractivity contribution is 6.05. The minimum absolute atomic E-state index is 0.0213. The van der Waals surface area contributed by atoms with Crippen molar-refractivity contribution in [2.75, 3.05) is 42.9 Å². The molecule has 0 amide bonds. The van der Waals surface area contributed by atoms with Gasteiger partial charge < -0.3 is 15.5 Å². The minimum Gasteiger partial charge on any atom is -0.369 e. The zero-order valence-electron chi connectivity index (χ0n) is 19.3. The fourth-order valence-electron chi connectivity index (χ4n) is 5.02. The first-order valence-electron chi connectivity index (χ1n) is 12.2. The number of pyridine rings is 1. The summed E-state index contributed by atoms with van der Waals surface area (Å²) in [6, 6.07) is 6.14. The summed E-state index contributed by atoms with van der Waals surface area (Å²) < 4.78 is 1.85. The summed E-state index contributed by atoms with van der Waals surface area (Å²) in [5, 5.41) is 9.14. The highest BCUT2D eigenvalue weighted by Gasteiger charge is 2.25. The zero-order valence-corrected chi connectivity index (χ0v) is 19.3. The van der Waals surface area contributed by atoms with Gasteiger partial charge in [0.2, 0.25) is 5.95 Å². The van der Waals surface area contributed by atoms with Gasteiger partial charge in [-0.2, -0.15) is 4.98 Å². The van der Waals surface area contributed by atoms with E-state index in [1.807, 2.05) is 22.9 Å². The number of nitrogens with zero attached hydrogens (tertiary/aromatic N) is 4. The van der Waals surface area contributed by atoms with Crippen LogP contribution in [0, 0.1) is 0 Å². The number of nitrogens with one attached hydrogen (secondary N) is 2. The molecule has 8 heteroatoms. The Morgan fingerprint density at radius 3 is 2.64 bits per heavy atom. The fraction of sp³-hybridized carbons (Fsp3) is 0.520. The topological polar surface area (TPSA) is 92.2 Å². The van der Waals surface area contributed by atoms with Gasteiger partial charge >= 0.3 is 0 Å². The van der Waals surface area contributed by atoms with Crippen molar-refractivity contribution in [2.45, 2.75) is 51.5 Å². The molecule has 2 N–H and O–H groups in total. The summed E-state index contributed by atoms with van der Waals surface area (Å²) in [6.07, 6.45) is 6.35. The molecule has 8 nitrogen and oxygen atoms in total. The molecule has 2 aromatic heterocycles. The number of unbranched alkanes of at least 4 members (excludes halogenated alkanes) is 1. The maximum Gasteiger partial charge on any atom is 0.260 e. The lowest BCUT2D eigenvalue weighted by atomic mass is 9.93. The quantitative estimate of drug-likeness (QED) is 0.442. The predicted octanol–water partition coefficient (Wildman–Crippen LogP) is 3.25. The van der Waals surface area contributed by atoms with Crippen LogP contribution in [0.4, 0.5) is 11.6 Å². The number of benzene rings is 1. The Balaban J connectivity index is 1.66. The Kier molecular flexibility index (Phi) is 6.26. The summed E-state index contributed by atoms with van der Waals surface area (Å²) in [6.45, 7) is 6.68. The standard InChI is InChI=1S/C25H32N6O2/c1-2-3-10-27-25-28-16-22-20-9-6-18(30-13-11-26-12-14-30)15-21(20)24(33)31(23(22)29-25)17-4-7-19(32)8-5-17/h6,9,15-17,26H,2-5,7-8,10-14H2,1H3,(H,27,28,29). The van der Waals surface area contributed by atoms with Crippen molar-refractivity contribution in [3.8, 4) is 0 Å². The summed E-state index contributed by atoms with van der Waals surface area (Å²) in [7, 11) is 0. The van der Waals surface area contributed by atoms with E-state index >= 15 is 0 Å². The van der Waals surface area contributed by atoms with Gasteiger partial charge in [0.25, 0.3) is 5.56 Å². The first-order valence-corrected chi connectivity index (χ1v) is 12.2. The molecule has 5 rings (SSSR count). The molecule has 174 valence electrons. The molecule has 2 aliphatic rings. The van der Waals surface area contributed by atoms with E-state index in [1.54, 1.807) is 0 Å². The van der Waals surface area contributed by atoms with Gasteiger partial charge in [-0.1, -0.05) is 19.4 Å². The van der Waals surface area contributed by atoms with Crippen LogP contribution in [0.5, 0.6) is 0 Å². The molecule has 1 saturated heterocycles. The SMILES string of the molecule is CCCCNc1ncc2c3ccc(N4CCNCC4)cc3c(=O)n(C3CCC(=O)CC3)c2n1. The van der Waals surface area contributed by atoms with E-state index in [1.165, 1.54) is 0 Å². The Morgan fingerprint density at radius 2 is 1.88 bits per heavy atom. The summed E-state index contributed by atoms with van der Waals surface area (Å²) in [4.78, 5) is 37.5. The predicted molar refractivity (Wildman–Crippen MR) is 132 cm³/mol. The van der Waals surface area contributed by atoms with Crippen molar-refractivity contribution < 1.29 is 4.79 Å². The van der Waals surface area contributed by atoms with E-state index in [-0.39, 0.29) is 17.4 Å². The molecule has 0 unspecified atom stereocenters. The van der Waals surface area contributed by atoms with E-state index < -0.39 is 0 Å². The Bertz CT molecular complexity index is 1220. The number of carbonyl (C=O) groups excluding carboxylic acids is 1. The lowest BCUT2D eigenvalue weighted by Gasteiger charge is -2.30. The van der Waals surface area contributed by atoms with Crippen molar-refractivity contribution in [3.63, 3.8) is 0 Å². The molecule has 0 bridgehead atoms. The van der Waals surface area contributed by atoms with Crippen LogP contribution in [0.1, 0.15) is 51.5 Å². The molecule has 2 fully saturated rings. The number of rotatable bonds is 6. The van der Waals surface area contributed by atoms with Gasteiger partial charge in [-0.25, -0.2) is 4.98 Å². The van der Waals surface area contributed by atoms with Crippen molar-refractivity contribution in [1.29, 1.82) is 0 Å². The third-order valence-corrected chi connectivity index (χ3v) is 6.91. The molecular formula is C25H32N6O2. The lowest BCUT2D eigenvalue weighted by molar-refractivity contribution is -0.120. The Labute approximate surface area is 193 Å². The number of carbonyl (C=O) groups is 1. The Morgan fingerprint density at radius 1 is 1.09 bits per heavy atom. The van der Waals surface area contributed by atoms with E-state index in [9.17, 15) is 9.59 Å². The van der Waals surface area contributed by atoms with Crippen molar-refractivity contribution in [3.05, 3.63) is 34.7 Å². The summed E-state index contributed by atoms with van der Waals surface area (Å²) in [5.41, 5.74) is 1.72. The monoisotopic (exact) mass is 448 g/mol. The lowest BCUT2D eigenvalue weighted by Crippen LogP contribution is -2.43. The number of aromatic nitrogens is 3. The number of Topliss-reactive ketones (excluding diaryl/α,β-unsaturated/α-hetero) is 1. The molecule has 3 heterocycles. The number of ketones is 1. The van der Waals surface area contributed by atoms with Crippen LogP contribution in [0.3, 0.4) is 0 Å². The average molecular weight is 449 g/mol. The number of piperazine rings is 1. The van der Waals surface area contributed by atoms with Crippen molar-refractivity contribution >= 4 is 39.2 Å². The van der Waals surface area contributed by atoms with Crippen LogP contribution < -0.4 is 21.1 Å². The molecule has 1 aromatic carbocycles. The van der Waals surface area contributed by atoms with Gasteiger partial charge in [0.15, 0.2) is 0 Å². The van der Waals surface area contributed by atoms with Gasteiger partial charge in [0, 0.05) is 68.9 Å². The zero-order chi connectivity index (χ0) is 22.8. The van der Waals surface area contributed by atoms with Crippen LogP contribution in [-0.4, -0.2) is 53.0 Å². The number of hydrogen-bond donors (Lipinski definition) is 2. The third-order valence-electron chi connectivity index (χ3n) is 6.91. The van der Waals surface area contributed by atoms with Crippen molar-refractivity contribution in [1.82, 2.24) is 19.9 Å². The molecule has 0 radical (unpaired) electrons. The molecule has 1 aliphatic carbocycles. The third kappa shape index (κ3) is 4.31. The highest BCUT2D eigenvalue weighted by atomic mass is 16.1. The normalized spacial score (nSPS) is 17.7. The van der Waals surface area contributed by atoms with E-state index in [2.05, 4.69) is 33.5 Å². The van der Waals surface area contributed by atoms with Crippen LogP contribution >= 0.6 is 0 Å². The summed E-state index contributed by atoms with van der Waals surface area (Å²) >= 11 is 0. The van der Waals surface area contributed by atoms with Gasteiger partial charge in [0.1, 0.15) is 11.4 Å². The second kappa shape index (κ2) is 9.47. The second-order valence-corrected chi connectivity index (χ2v) is 9.12. The van der Waals surface area contributed by atoms with E-state index in [0.717, 1.165) is 62.0 Å². The Hall–Kier alpha value is -3.00. The van der Waals surface area contributed by atoms with Gasteiger partial charge in [0.05, 0.1) is 5.39 Å². The van der Waals surface area contributed by atoms with E-state index in [4.69, 9.17) is 4.98 Å². The molecule has 1 saturated carbocycles. The van der Waals surface area contributed by atoms with Gasteiger partial charge in [-0.05, 0) is 36.8 Å². The molecule has 3 aromatic rings. The first kappa shape index (κ1) is 21.8. The molecule has 33 heavy (non-hydrogen) atoms. The second-order valence-electron chi connectivity index (χ2n) is 9.12. The maximum atomic E-state index is 13.9. The molecule has 0 atom stereocenters. The summed E-state index contributed by atoms with van der Waals surface area (Å²) in [5.74, 6) is 0.828. The number of hydrogen-bond acceptors (Lipinski definition) is 7. The average Bonchev–Trinajstić information content (AvgIpc) is 2.86. The van der Waals surface area contributed by atoms with Gasteiger partial charge in [-0.15, -0.1) is 0 Å². The fourth-order valence-corrected chi connectivity index (χ4v) is 5.02. The smallest absolute Gasteiger partial charge is 0.260 e. The van der Waals surface area contributed by atoms with Crippen LogP contribution in [-0.2, 0) is 4.79 Å². The largest absolute Gasteiger partial charge is 0.369 e. The minimum atomic E-state index is -0.0247. The van der Waals surface area contributed by atoms with Crippen LogP contribution in [0.2, 0.25) is 0 Å². The number of anilines is 2.